The Labute approximate surface area is 120 Å². The highest BCUT2D eigenvalue weighted by molar-refractivity contribution is 5.90. The number of nitrogens with one attached hydrogen (secondary N) is 2. The fraction of sp³-hybridized carbons (Fsp3) is 0.308. The summed E-state index contributed by atoms with van der Waals surface area (Å²) in [4.78, 5) is 33.5. The third-order valence-corrected chi connectivity index (χ3v) is 2.80. The summed E-state index contributed by atoms with van der Waals surface area (Å²) in [6.07, 6.45) is 0.518. The number of carbonyl (C=O) groups excluding carboxylic acids is 3. The lowest BCUT2D eigenvalue weighted by Gasteiger charge is -2.19. The van der Waals surface area contributed by atoms with Gasteiger partial charge in [0.1, 0.15) is 17.8 Å². The molecular formula is C13H17N3O5. The van der Waals surface area contributed by atoms with E-state index in [0.29, 0.717) is 12.0 Å². The molecule has 0 aliphatic carbocycles. The van der Waals surface area contributed by atoms with Gasteiger partial charge in [-0.2, -0.15) is 0 Å². The van der Waals surface area contributed by atoms with Crippen molar-refractivity contribution in [3.8, 4) is 5.75 Å². The highest BCUT2D eigenvalue weighted by Gasteiger charge is 2.23. The van der Waals surface area contributed by atoms with Crippen LogP contribution in [0, 0.1) is 0 Å². The van der Waals surface area contributed by atoms with Crippen LogP contribution in [0.25, 0.3) is 0 Å². The second-order valence-electron chi connectivity index (χ2n) is 4.35. The van der Waals surface area contributed by atoms with Gasteiger partial charge in [-0.05, 0) is 17.7 Å². The topological polar surface area (TPSA) is 142 Å². The predicted octanol–water partition coefficient (Wildman–Crippen LogP) is -1.99. The van der Waals surface area contributed by atoms with Crippen LogP contribution in [0.4, 0.5) is 0 Å². The van der Waals surface area contributed by atoms with Crippen molar-refractivity contribution < 1.29 is 24.6 Å². The molecule has 0 fully saturated rings. The number of nitrogens with two attached hydrogens (primary N) is 1. The van der Waals surface area contributed by atoms with Gasteiger partial charge in [0.2, 0.25) is 18.2 Å². The number of benzene rings is 1. The maximum absolute atomic E-state index is 12.0. The minimum Gasteiger partial charge on any atom is -0.508 e. The zero-order chi connectivity index (χ0) is 15.8. The first kappa shape index (κ1) is 16.4. The number of rotatable bonds is 8. The number of aliphatic hydroxyl groups excluding tert-OH is 1. The maximum atomic E-state index is 12.0. The highest BCUT2D eigenvalue weighted by atomic mass is 16.3. The van der Waals surface area contributed by atoms with E-state index in [0.717, 1.165) is 0 Å². The number of phenolic OH excluding ortho intramolecular Hbond substituents is 1. The molecule has 1 aromatic carbocycles. The SMILES string of the molecule is NC(=O)C(CO)NC(=O)[C@H](Cc1ccc(O)cc1)NC=O. The first-order valence-corrected chi connectivity index (χ1v) is 6.16. The Morgan fingerprint density at radius 1 is 1.24 bits per heavy atom. The predicted molar refractivity (Wildman–Crippen MR) is 73.0 cm³/mol. The van der Waals surface area contributed by atoms with Gasteiger partial charge < -0.3 is 26.6 Å². The number of phenols is 1. The molecule has 1 aromatic rings. The Balaban J connectivity index is 2.75. The van der Waals surface area contributed by atoms with Gasteiger partial charge in [0.05, 0.1) is 6.61 Å². The van der Waals surface area contributed by atoms with Crippen molar-refractivity contribution in [3.63, 3.8) is 0 Å². The van der Waals surface area contributed by atoms with Crippen LogP contribution >= 0.6 is 0 Å². The minimum absolute atomic E-state index is 0.0807. The summed E-state index contributed by atoms with van der Waals surface area (Å²) in [7, 11) is 0. The summed E-state index contributed by atoms with van der Waals surface area (Å²) in [5, 5.41) is 22.7. The van der Waals surface area contributed by atoms with Crippen molar-refractivity contribution in [2.24, 2.45) is 5.73 Å². The smallest absolute Gasteiger partial charge is 0.243 e. The molecule has 0 aliphatic rings. The van der Waals surface area contributed by atoms with Crippen LogP contribution in [0.3, 0.4) is 0 Å². The average molecular weight is 295 g/mol. The summed E-state index contributed by atoms with van der Waals surface area (Å²) >= 11 is 0. The monoisotopic (exact) mass is 295 g/mol. The third kappa shape index (κ3) is 5.11. The summed E-state index contributed by atoms with van der Waals surface area (Å²) in [5.74, 6) is -1.44. The van der Waals surface area contributed by atoms with E-state index >= 15 is 0 Å². The molecule has 2 atom stereocenters. The van der Waals surface area contributed by atoms with Crippen molar-refractivity contribution in [2.45, 2.75) is 18.5 Å². The number of aliphatic hydroxyl groups is 1. The molecule has 3 amide bonds. The molecule has 0 saturated heterocycles. The molecule has 0 bridgehead atoms. The number of hydrogen-bond acceptors (Lipinski definition) is 5. The zero-order valence-electron chi connectivity index (χ0n) is 11.2. The summed E-state index contributed by atoms with van der Waals surface area (Å²) in [5.41, 5.74) is 5.70. The van der Waals surface area contributed by atoms with Crippen molar-refractivity contribution in [1.82, 2.24) is 10.6 Å². The molecule has 6 N–H and O–H groups in total. The lowest BCUT2D eigenvalue weighted by Crippen LogP contribution is -2.53. The second-order valence-corrected chi connectivity index (χ2v) is 4.35. The fourth-order valence-electron chi connectivity index (χ4n) is 1.66. The van der Waals surface area contributed by atoms with E-state index < -0.39 is 30.5 Å². The van der Waals surface area contributed by atoms with Gasteiger partial charge in [-0.15, -0.1) is 0 Å². The summed E-state index contributed by atoms with van der Waals surface area (Å²) in [6, 6.07) is 3.95. The van der Waals surface area contributed by atoms with Gasteiger partial charge >= 0.3 is 0 Å². The van der Waals surface area contributed by atoms with Crippen LogP contribution in [0.5, 0.6) is 5.75 Å². The van der Waals surface area contributed by atoms with Crippen LogP contribution in [0.15, 0.2) is 24.3 Å². The van der Waals surface area contributed by atoms with E-state index in [1.54, 1.807) is 12.1 Å². The van der Waals surface area contributed by atoms with E-state index in [1.807, 2.05) is 0 Å². The van der Waals surface area contributed by atoms with Crippen LogP contribution in [0.2, 0.25) is 0 Å². The number of primary amides is 1. The first-order valence-electron chi connectivity index (χ1n) is 6.16. The molecule has 0 radical (unpaired) electrons. The molecule has 8 heteroatoms. The minimum atomic E-state index is -1.21. The van der Waals surface area contributed by atoms with Crippen molar-refractivity contribution in [1.29, 1.82) is 0 Å². The Hall–Kier alpha value is -2.61. The number of aromatic hydroxyl groups is 1. The molecule has 0 saturated carbocycles. The van der Waals surface area contributed by atoms with E-state index in [-0.39, 0.29) is 12.2 Å². The van der Waals surface area contributed by atoms with Crippen LogP contribution in [-0.2, 0) is 20.8 Å². The van der Waals surface area contributed by atoms with E-state index in [2.05, 4.69) is 10.6 Å². The number of carbonyl (C=O) groups is 3. The van der Waals surface area contributed by atoms with Crippen molar-refractivity contribution >= 4 is 18.2 Å². The van der Waals surface area contributed by atoms with Crippen LogP contribution < -0.4 is 16.4 Å². The van der Waals surface area contributed by atoms with Gasteiger partial charge in [-0.25, -0.2) is 0 Å². The quantitative estimate of drug-likeness (QED) is 0.353. The molecule has 0 aromatic heterocycles. The van der Waals surface area contributed by atoms with Gasteiger partial charge in [0.25, 0.3) is 0 Å². The first-order chi connectivity index (χ1) is 9.97. The fourth-order valence-corrected chi connectivity index (χ4v) is 1.66. The Morgan fingerprint density at radius 2 is 1.86 bits per heavy atom. The van der Waals surface area contributed by atoms with Crippen molar-refractivity contribution in [2.75, 3.05) is 6.61 Å². The molecule has 0 heterocycles. The second kappa shape index (κ2) is 7.85. The highest BCUT2D eigenvalue weighted by Crippen LogP contribution is 2.11. The molecule has 114 valence electrons. The summed E-state index contributed by atoms with van der Waals surface area (Å²) < 4.78 is 0. The van der Waals surface area contributed by atoms with E-state index in [9.17, 15) is 19.5 Å². The number of amides is 3. The molecule has 21 heavy (non-hydrogen) atoms. The lowest BCUT2D eigenvalue weighted by molar-refractivity contribution is -0.130. The van der Waals surface area contributed by atoms with Gasteiger partial charge in [0, 0.05) is 6.42 Å². The molecular weight excluding hydrogens is 278 g/mol. The van der Waals surface area contributed by atoms with Gasteiger partial charge in [-0.3, -0.25) is 14.4 Å². The van der Waals surface area contributed by atoms with Crippen molar-refractivity contribution in [3.05, 3.63) is 29.8 Å². The zero-order valence-corrected chi connectivity index (χ0v) is 11.2. The van der Waals surface area contributed by atoms with Gasteiger partial charge in [-0.1, -0.05) is 12.1 Å². The van der Waals surface area contributed by atoms with E-state index in [1.165, 1.54) is 12.1 Å². The standard InChI is InChI=1S/C13H17N3O5/c14-12(20)11(6-17)16-13(21)10(15-7-18)5-8-1-3-9(19)4-2-8/h1-4,7,10-11,17,19H,5-6H2,(H2,14,20)(H,15,18)(H,16,21)/t10-,11?/m0/s1. The molecule has 1 rings (SSSR count). The van der Waals surface area contributed by atoms with Gasteiger partial charge in [0.15, 0.2) is 0 Å². The van der Waals surface area contributed by atoms with Crippen LogP contribution in [0.1, 0.15) is 5.56 Å². The normalized spacial score (nSPS) is 13.0. The Morgan fingerprint density at radius 3 is 2.33 bits per heavy atom. The Bertz CT molecular complexity index is 503. The molecule has 0 aliphatic heterocycles. The Kier molecular flexibility index (Phi) is 6.15. The molecule has 1 unspecified atom stereocenters. The third-order valence-electron chi connectivity index (χ3n) is 2.80. The maximum Gasteiger partial charge on any atom is 0.243 e. The summed E-state index contributed by atoms with van der Waals surface area (Å²) in [6.45, 7) is -0.631. The number of hydrogen-bond donors (Lipinski definition) is 5. The molecule has 8 nitrogen and oxygen atoms in total. The lowest BCUT2D eigenvalue weighted by atomic mass is 10.0. The van der Waals surface area contributed by atoms with Crippen LogP contribution in [-0.4, -0.2) is 47.1 Å². The average Bonchev–Trinajstić information content (AvgIpc) is 2.45. The molecule has 0 spiro atoms. The largest absolute Gasteiger partial charge is 0.508 e. The van der Waals surface area contributed by atoms with E-state index in [4.69, 9.17) is 10.8 Å².